The molecule has 0 aliphatic carbocycles. The molecule has 26 heavy (non-hydrogen) atoms. The summed E-state index contributed by atoms with van der Waals surface area (Å²) in [5.41, 5.74) is 0.373. The monoisotopic (exact) mass is 421 g/mol. The summed E-state index contributed by atoms with van der Waals surface area (Å²) in [5, 5.41) is 0. The van der Waals surface area contributed by atoms with E-state index in [1.807, 2.05) is 13.8 Å². The van der Waals surface area contributed by atoms with Crippen LogP contribution in [0.5, 0.6) is 5.75 Å². The number of alkyl halides is 3. The number of ether oxygens (including phenoxy) is 2. The quantitative estimate of drug-likeness (QED) is 0.304. The van der Waals surface area contributed by atoms with Crippen LogP contribution in [-0.2, 0) is 4.74 Å². The summed E-state index contributed by atoms with van der Waals surface area (Å²) in [4.78, 5) is 26.0. The third-order valence-corrected chi connectivity index (χ3v) is 3.53. The molecule has 0 radical (unpaired) electrons. The van der Waals surface area contributed by atoms with Crippen LogP contribution in [0.3, 0.4) is 0 Å². The molecule has 1 amide bonds. The lowest BCUT2D eigenvalue weighted by Gasteiger charge is -2.23. The fourth-order valence-electron chi connectivity index (χ4n) is 1.99. The summed E-state index contributed by atoms with van der Waals surface area (Å²) >= 11 is 16.7. The zero-order chi connectivity index (χ0) is 19.7. The number of Topliss-reactive ketones (excluding diaryl/α,β-unsaturated/α-hetero) is 1. The Morgan fingerprint density at radius 2 is 1.73 bits per heavy atom. The van der Waals surface area contributed by atoms with Crippen LogP contribution in [0.15, 0.2) is 36.5 Å². The van der Waals surface area contributed by atoms with Gasteiger partial charge in [0.05, 0.1) is 12.3 Å². The highest BCUT2D eigenvalue weighted by Crippen LogP contribution is 2.26. The van der Waals surface area contributed by atoms with Crippen molar-refractivity contribution in [2.45, 2.75) is 30.5 Å². The van der Waals surface area contributed by atoms with Crippen LogP contribution in [0.4, 0.5) is 4.79 Å². The van der Waals surface area contributed by atoms with Crippen molar-refractivity contribution in [1.29, 1.82) is 0 Å². The van der Waals surface area contributed by atoms with Crippen LogP contribution in [0.1, 0.15) is 37.0 Å². The number of hydrogen-bond acceptors (Lipinski definition) is 4. The van der Waals surface area contributed by atoms with Gasteiger partial charge in [-0.3, -0.25) is 9.69 Å². The fraction of sp³-hybridized carbons (Fsp3) is 0.444. The Morgan fingerprint density at radius 3 is 2.23 bits per heavy atom. The van der Waals surface area contributed by atoms with E-state index in [-0.39, 0.29) is 12.2 Å². The van der Waals surface area contributed by atoms with Gasteiger partial charge in [-0.25, -0.2) is 4.79 Å². The van der Waals surface area contributed by atoms with Gasteiger partial charge in [-0.15, -0.1) is 0 Å². The molecule has 0 saturated heterocycles. The fourth-order valence-corrected chi connectivity index (χ4v) is 2.16. The summed E-state index contributed by atoms with van der Waals surface area (Å²) in [6.45, 7) is 8.01. The number of carbonyl (C=O) groups is 2. The van der Waals surface area contributed by atoms with Gasteiger partial charge in [-0.2, -0.15) is 0 Å². The minimum atomic E-state index is -1.73. The number of nitrogens with zero attached hydrogens (tertiary/aromatic N) is 1. The van der Waals surface area contributed by atoms with Gasteiger partial charge in [-0.1, -0.05) is 55.2 Å². The summed E-state index contributed by atoms with van der Waals surface area (Å²) in [5.74, 6) is 0.271. The number of carbonyl (C=O) groups excluding carboxylic acids is 2. The predicted molar refractivity (Wildman–Crippen MR) is 104 cm³/mol. The van der Waals surface area contributed by atoms with E-state index in [1.54, 1.807) is 24.3 Å². The molecule has 5 nitrogen and oxygen atoms in total. The van der Waals surface area contributed by atoms with Crippen LogP contribution >= 0.6 is 34.8 Å². The second-order valence-corrected chi connectivity index (χ2v) is 7.99. The second kappa shape index (κ2) is 10.7. The average molecular weight is 423 g/mol. The number of rotatable bonds is 9. The Hall–Kier alpha value is -1.43. The average Bonchev–Trinajstić information content (AvgIpc) is 2.61. The minimum Gasteiger partial charge on any atom is -0.494 e. The molecule has 0 spiro atoms. The van der Waals surface area contributed by atoms with Crippen LogP contribution < -0.4 is 4.74 Å². The van der Waals surface area contributed by atoms with E-state index in [4.69, 9.17) is 44.3 Å². The van der Waals surface area contributed by atoms with E-state index in [2.05, 4.69) is 6.58 Å². The maximum absolute atomic E-state index is 12.6. The number of benzene rings is 1. The smallest absolute Gasteiger partial charge is 0.414 e. The van der Waals surface area contributed by atoms with Crippen LogP contribution in [0, 0.1) is 0 Å². The SMILES string of the molecule is C=C(C(=O)c1ccc(OCCC)cc1)N(CCC)C(=O)OCC(Cl)(Cl)Cl. The lowest BCUT2D eigenvalue weighted by molar-refractivity contribution is 0.0926. The highest BCUT2D eigenvalue weighted by molar-refractivity contribution is 6.67. The zero-order valence-electron chi connectivity index (χ0n) is 14.8. The predicted octanol–water partition coefficient (Wildman–Crippen LogP) is 5.39. The minimum absolute atomic E-state index is 0.0107. The first-order chi connectivity index (χ1) is 12.2. The Kier molecular flexibility index (Phi) is 9.27. The lowest BCUT2D eigenvalue weighted by Crippen LogP contribution is -2.36. The number of amides is 1. The maximum atomic E-state index is 12.6. The van der Waals surface area contributed by atoms with Gasteiger partial charge in [0.15, 0.2) is 0 Å². The Bertz CT molecular complexity index is 626. The van der Waals surface area contributed by atoms with Gasteiger partial charge in [0.25, 0.3) is 0 Å². The Balaban J connectivity index is 2.83. The van der Waals surface area contributed by atoms with Crippen LogP contribution in [-0.4, -0.2) is 40.3 Å². The topological polar surface area (TPSA) is 55.8 Å². The molecule has 8 heteroatoms. The summed E-state index contributed by atoms with van der Waals surface area (Å²) in [6.07, 6.45) is 0.693. The van der Waals surface area contributed by atoms with Crippen molar-refractivity contribution in [3.05, 3.63) is 42.1 Å². The molecule has 144 valence electrons. The van der Waals surface area contributed by atoms with E-state index < -0.39 is 22.3 Å². The Morgan fingerprint density at radius 1 is 1.12 bits per heavy atom. The van der Waals surface area contributed by atoms with Gasteiger partial charge in [-0.05, 0) is 37.1 Å². The third-order valence-electron chi connectivity index (χ3n) is 3.20. The number of allylic oxidation sites excluding steroid dienone is 1. The van der Waals surface area contributed by atoms with E-state index in [9.17, 15) is 9.59 Å². The first-order valence-electron chi connectivity index (χ1n) is 8.17. The summed E-state index contributed by atoms with van der Waals surface area (Å²) < 4.78 is 8.70. The highest BCUT2D eigenvalue weighted by Gasteiger charge is 2.27. The van der Waals surface area contributed by atoms with Gasteiger partial charge >= 0.3 is 6.09 Å². The van der Waals surface area contributed by atoms with Gasteiger partial charge in [0, 0.05) is 12.1 Å². The van der Waals surface area contributed by atoms with E-state index >= 15 is 0 Å². The molecule has 0 atom stereocenters. The first-order valence-corrected chi connectivity index (χ1v) is 9.30. The second-order valence-electron chi connectivity index (χ2n) is 5.47. The lowest BCUT2D eigenvalue weighted by atomic mass is 10.1. The Labute approximate surface area is 168 Å². The van der Waals surface area contributed by atoms with Crippen molar-refractivity contribution in [3.63, 3.8) is 0 Å². The molecular formula is C18H22Cl3NO4. The van der Waals surface area contributed by atoms with E-state index in [0.717, 1.165) is 11.3 Å². The van der Waals surface area contributed by atoms with Crippen LogP contribution in [0.2, 0.25) is 0 Å². The molecule has 0 bridgehead atoms. The van der Waals surface area contributed by atoms with Crippen molar-refractivity contribution in [2.75, 3.05) is 19.8 Å². The molecule has 0 fully saturated rings. The zero-order valence-corrected chi connectivity index (χ0v) is 17.0. The molecule has 1 rings (SSSR count). The number of ketones is 1. The third kappa shape index (κ3) is 7.44. The first kappa shape index (κ1) is 22.6. The number of halogens is 3. The largest absolute Gasteiger partial charge is 0.494 e. The molecule has 0 aliphatic rings. The summed E-state index contributed by atoms with van der Waals surface area (Å²) in [7, 11) is 0. The molecule has 0 N–H and O–H groups in total. The van der Waals surface area contributed by atoms with Crippen molar-refractivity contribution >= 4 is 46.7 Å². The van der Waals surface area contributed by atoms with Crippen LogP contribution in [0.25, 0.3) is 0 Å². The number of hydrogen-bond donors (Lipinski definition) is 0. The van der Waals surface area contributed by atoms with Gasteiger partial charge < -0.3 is 9.47 Å². The highest BCUT2D eigenvalue weighted by atomic mass is 35.6. The maximum Gasteiger partial charge on any atom is 0.414 e. The molecule has 1 aromatic carbocycles. The van der Waals surface area contributed by atoms with E-state index in [1.165, 1.54) is 0 Å². The standard InChI is InChI=1S/C18H22Cl3NO4/c1-4-10-22(17(24)26-12-18(19,20)21)13(3)16(23)14-6-8-15(9-7-14)25-11-5-2/h6-9H,3-5,10-12H2,1-2H3. The van der Waals surface area contributed by atoms with Gasteiger partial charge in [0.1, 0.15) is 12.4 Å². The molecule has 0 aromatic heterocycles. The molecule has 1 aromatic rings. The van der Waals surface area contributed by atoms with Crippen molar-refractivity contribution in [1.82, 2.24) is 4.90 Å². The van der Waals surface area contributed by atoms with E-state index in [0.29, 0.717) is 24.3 Å². The summed E-state index contributed by atoms with van der Waals surface area (Å²) in [6, 6.07) is 6.63. The van der Waals surface area contributed by atoms with Crippen molar-refractivity contribution < 1.29 is 19.1 Å². The molecule has 0 heterocycles. The molecule has 0 saturated carbocycles. The van der Waals surface area contributed by atoms with Crippen molar-refractivity contribution in [2.24, 2.45) is 0 Å². The van der Waals surface area contributed by atoms with Gasteiger partial charge in [0.2, 0.25) is 9.58 Å². The molecule has 0 aliphatic heterocycles. The van der Waals surface area contributed by atoms with Crippen molar-refractivity contribution in [3.8, 4) is 5.75 Å². The molecule has 0 unspecified atom stereocenters. The molecular weight excluding hydrogens is 401 g/mol. The normalized spacial score (nSPS) is 11.0.